The fourth-order valence-electron chi connectivity index (χ4n) is 4.50. The van der Waals surface area contributed by atoms with Gasteiger partial charge in [0.05, 0.1) is 12.0 Å². The van der Waals surface area contributed by atoms with Crippen molar-refractivity contribution in [3.05, 3.63) is 18.4 Å². The standard InChI is InChI=1S/C18H24N4O2S/c1-11(14-9-12-5-6-13(14)8-12)19-16(23)10-25-18-21-20-17(22(18)2)15-4-3-7-24-15/h3-4,7,11-14H,5-6,8-10H2,1-2H3,(H,19,23). The van der Waals surface area contributed by atoms with E-state index in [9.17, 15) is 4.79 Å². The number of aromatic nitrogens is 3. The monoisotopic (exact) mass is 360 g/mol. The van der Waals surface area contributed by atoms with Crippen LogP contribution in [0.15, 0.2) is 28.0 Å². The van der Waals surface area contributed by atoms with E-state index in [0.29, 0.717) is 28.4 Å². The highest BCUT2D eigenvalue weighted by Crippen LogP contribution is 2.49. The molecule has 1 N–H and O–H groups in total. The van der Waals surface area contributed by atoms with Crippen LogP contribution in [0.1, 0.15) is 32.6 Å². The quantitative estimate of drug-likeness (QED) is 0.801. The Morgan fingerprint density at radius 2 is 2.32 bits per heavy atom. The molecule has 2 heterocycles. The molecule has 2 saturated carbocycles. The third-order valence-electron chi connectivity index (χ3n) is 5.73. The molecule has 2 aromatic heterocycles. The maximum Gasteiger partial charge on any atom is 0.230 e. The molecule has 6 nitrogen and oxygen atoms in total. The van der Waals surface area contributed by atoms with Gasteiger partial charge in [-0.05, 0) is 56.1 Å². The molecule has 134 valence electrons. The largest absolute Gasteiger partial charge is 0.461 e. The maximum absolute atomic E-state index is 12.3. The van der Waals surface area contributed by atoms with Gasteiger partial charge in [-0.1, -0.05) is 18.2 Å². The minimum absolute atomic E-state index is 0.0721. The minimum Gasteiger partial charge on any atom is -0.461 e. The number of thioether (sulfide) groups is 1. The van der Waals surface area contributed by atoms with Gasteiger partial charge in [0, 0.05) is 13.1 Å². The number of furan rings is 1. The van der Waals surface area contributed by atoms with Gasteiger partial charge in [-0.3, -0.25) is 4.79 Å². The topological polar surface area (TPSA) is 73.0 Å². The van der Waals surface area contributed by atoms with Crippen molar-refractivity contribution in [1.82, 2.24) is 20.1 Å². The van der Waals surface area contributed by atoms with Crippen molar-refractivity contribution in [2.24, 2.45) is 24.8 Å². The van der Waals surface area contributed by atoms with E-state index in [-0.39, 0.29) is 11.9 Å². The number of rotatable bonds is 6. The molecule has 0 aliphatic heterocycles. The lowest BCUT2D eigenvalue weighted by Crippen LogP contribution is -2.40. The molecule has 7 heteroatoms. The number of carbonyl (C=O) groups is 1. The lowest BCUT2D eigenvalue weighted by atomic mass is 9.84. The smallest absolute Gasteiger partial charge is 0.230 e. The van der Waals surface area contributed by atoms with Crippen LogP contribution in [0.25, 0.3) is 11.6 Å². The molecule has 0 spiro atoms. The first-order valence-corrected chi connectivity index (χ1v) is 9.96. The summed E-state index contributed by atoms with van der Waals surface area (Å²) in [6.45, 7) is 2.16. The van der Waals surface area contributed by atoms with Crippen molar-refractivity contribution in [3.63, 3.8) is 0 Å². The van der Waals surface area contributed by atoms with Gasteiger partial charge in [-0.2, -0.15) is 0 Å². The molecule has 1 amide bonds. The Bertz CT molecular complexity index is 742. The lowest BCUT2D eigenvalue weighted by Gasteiger charge is -2.28. The van der Waals surface area contributed by atoms with E-state index in [1.165, 1.54) is 37.4 Å². The summed E-state index contributed by atoms with van der Waals surface area (Å²) in [5, 5.41) is 12.2. The molecule has 2 aliphatic carbocycles. The normalized spacial score (nSPS) is 26.1. The van der Waals surface area contributed by atoms with Crippen LogP contribution in [0.3, 0.4) is 0 Å². The van der Waals surface area contributed by atoms with Crippen LogP contribution in [0, 0.1) is 17.8 Å². The van der Waals surface area contributed by atoms with Gasteiger partial charge in [0.15, 0.2) is 16.7 Å². The van der Waals surface area contributed by atoms with E-state index in [2.05, 4.69) is 22.4 Å². The number of hydrogen-bond acceptors (Lipinski definition) is 5. The van der Waals surface area contributed by atoms with Gasteiger partial charge in [-0.25, -0.2) is 0 Å². The van der Waals surface area contributed by atoms with Gasteiger partial charge >= 0.3 is 0 Å². The molecule has 0 saturated heterocycles. The van der Waals surface area contributed by atoms with Gasteiger partial charge < -0.3 is 14.3 Å². The Kier molecular flexibility index (Phi) is 4.58. The zero-order valence-electron chi connectivity index (χ0n) is 14.6. The van der Waals surface area contributed by atoms with Crippen molar-refractivity contribution in [2.75, 3.05) is 5.75 Å². The van der Waals surface area contributed by atoms with Gasteiger partial charge in [0.2, 0.25) is 5.91 Å². The SMILES string of the molecule is CC(NC(=O)CSc1nnc(-c2ccco2)n1C)C1CC2CCC1C2. The second-order valence-corrected chi connectivity index (χ2v) is 8.27. The van der Waals surface area contributed by atoms with E-state index >= 15 is 0 Å². The summed E-state index contributed by atoms with van der Waals surface area (Å²) < 4.78 is 7.22. The third kappa shape index (κ3) is 3.34. The second kappa shape index (κ2) is 6.86. The zero-order chi connectivity index (χ0) is 17.4. The highest BCUT2D eigenvalue weighted by atomic mass is 32.2. The van der Waals surface area contributed by atoms with Crippen LogP contribution in [-0.2, 0) is 11.8 Å². The van der Waals surface area contributed by atoms with Crippen molar-refractivity contribution < 1.29 is 9.21 Å². The van der Waals surface area contributed by atoms with Gasteiger partial charge in [0.1, 0.15) is 0 Å². The predicted octanol–water partition coefficient (Wildman–Crippen LogP) is 3.11. The third-order valence-corrected chi connectivity index (χ3v) is 6.75. The fourth-order valence-corrected chi connectivity index (χ4v) is 5.22. The highest BCUT2D eigenvalue weighted by Gasteiger charge is 2.42. The molecule has 4 unspecified atom stereocenters. The maximum atomic E-state index is 12.3. The molecule has 4 atom stereocenters. The van der Waals surface area contributed by atoms with Crippen LogP contribution in [0.4, 0.5) is 0 Å². The Balaban J connectivity index is 1.30. The molecule has 2 bridgehead atoms. The van der Waals surface area contributed by atoms with Crippen LogP contribution < -0.4 is 5.32 Å². The van der Waals surface area contributed by atoms with Crippen LogP contribution in [0.2, 0.25) is 0 Å². The van der Waals surface area contributed by atoms with Gasteiger partial charge in [-0.15, -0.1) is 10.2 Å². The zero-order valence-corrected chi connectivity index (χ0v) is 15.5. The molecule has 0 radical (unpaired) electrons. The van der Waals surface area contributed by atoms with E-state index < -0.39 is 0 Å². The number of nitrogens with one attached hydrogen (secondary N) is 1. The van der Waals surface area contributed by atoms with Crippen molar-refractivity contribution in [1.29, 1.82) is 0 Å². The Morgan fingerprint density at radius 3 is 3.00 bits per heavy atom. The minimum atomic E-state index is 0.0721. The molecule has 0 aromatic carbocycles. The van der Waals surface area contributed by atoms with E-state index in [1.807, 2.05) is 23.7 Å². The first-order chi connectivity index (χ1) is 12.1. The first-order valence-electron chi connectivity index (χ1n) is 8.97. The Morgan fingerprint density at radius 1 is 1.44 bits per heavy atom. The molecule has 2 fully saturated rings. The average molecular weight is 360 g/mol. The summed E-state index contributed by atoms with van der Waals surface area (Å²) in [5.74, 6) is 4.16. The molecule has 2 aromatic rings. The Hall–Kier alpha value is -1.76. The highest BCUT2D eigenvalue weighted by molar-refractivity contribution is 7.99. The van der Waals surface area contributed by atoms with Crippen LogP contribution >= 0.6 is 11.8 Å². The van der Waals surface area contributed by atoms with Crippen molar-refractivity contribution in [3.8, 4) is 11.6 Å². The van der Waals surface area contributed by atoms with E-state index in [1.54, 1.807) is 6.26 Å². The fraction of sp³-hybridized carbons (Fsp3) is 0.611. The van der Waals surface area contributed by atoms with Crippen LogP contribution in [0.5, 0.6) is 0 Å². The van der Waals surface area contributed by atoms with Crippen molar-refractivity contribution >= 4 is 17.7 Å². The summed E-state index contributed by atoms with van der Waals surface area (Å²) in [5.41, 5.74) is 0. The summed E-state index contributed by atoms with van der Waals surface area (Å²) in [7, 11) is 1.88. The summed E-state index contributed by atoms with van der Waals surface area (Å²) in [6, 6.07) is 3.94. The number of amides is 1. The molecule has 25 heavy (non-hydrogen) atoms. The summed E-state index contributed by atoms with van der Waals surface area (Å²) in [4.78, 5) is 12.3. The molecule has 4 rings (SSSR count). The van der Waals surface area contributed by atoms with Crippen LogP contribution in [-0.4, -0.2) is 32.5 Å². The predicted molar refractivity (Wildman–Crippen MR) is 96.0 cm³/mol. The Labute approximate surface area is 151 Å². The summed E-state index contributed by atoms with van der Waals surface area (Å²) in [6.07, 6.45) is 7.01. The molecular weight excluding hydrogens is 336 g/mol. The lowest BCUT2D eigenvalue weighted by molar-refractivity contribution is -0.119. The molecule has 2 aliphatic rings. The number of hydrogen-bond donors (Lipinski definition) is 1. The number of nitrogens with zero attached hydrogens (tertiary/aromatic N) is 3. The van der Waals surface area contributed by atoms with E-state index in [0.717, 1.165) is 11.8 Å². The van der Waals surface area contributed by atoms with Crippen molar-refractivity contribution in [2.45, 2.75) is 43.8 Å². The average Bonchev–Trinajstić information content (AvgIpc) is 3.37. The first kappa shape index (κ1) is 16.7. The molecular formula is C18H24N4O2S. The van der Waals surface area contributed by atoms with E-state index in [4.69, 9.17) is 4.42 Å². The summed E-state index contributed by atoms with van der Waals surface area (Å²) >= 11 is 1.41. The second-order valence-electron chi connectivity index (χ2n) is 7.33. The number of fused-ring (bicyclic) bond motifs is 2. The number of carbonyl (C=O) groups excluding carboxylic acids is 1. The van der Waals surface area contributed by atoms with Gasteiger partial charge in [0.25, 0.3) is 0 Å².